The van der Waals surface area contributed by atoms with Crippen LogP contribution in [0.1, 0.15) is 26.3 Å². The third-order valence-corrected chi connectivity index (χ3v) is 4.62. The fourth-order valence-corrected chi connectivity index (χ4v) is 3.29. The maximum Gasteiger partial charge on any atom is 0.262 e. The third kappa shape index (κ3) is 3.39. The van der Waals surface area contributed by atoms with Crippen molar-refractivity contribution in [1.29, 1.82) is 0 Å². The molecule has 8 heteroatoms. The molecular weight excluding hydrogens is 380 g/mol. The van der Waals surface area contributed by atoms with E-state index in [1.807, 2.05) is 18.2 Å². The number of fused-ring (bicyclic) bond motifs is 1. The number of carbonyl (C=O) groups is 3. The normalized spacial score (nSPS) is 13.0. The van der Waals surface area contributed by atoms with Gasteiger partial charge < -0.3 is 5.32 Å². The Morgan fingerprint density at radius 3 is 2.39 bits per heavy atom. The zero-order chi connectivity index (χ0) is 19.7. The molecule has 1 aromatic heterocycles. The van der Waals surface area contributed by atoms with Gasteiger partial charge in [0.1, 0.15) is 12.4 Å². The minimum atomic E-state index is -0.484. The van der Waals surface area contributed by atoms with E-state index in [1.54, 1.807) is 47.3 Å². The van der Waals surface area contributed by atoms with Gasteiger partial charge in [0.05, 0.1) is 23.9 Å². The molecule has 2 aromatic carbocycles. The van der Waals surface area contributed by atoms with Crippen LogP contribution in [0.2, 0.25) is 5.02 Å². The molecule has 0 saturated heterocycles. The molecule has 28 heavy (non-hydrogen) atoms. The molecule has 4 rings (SSSR count). The maximum atomic E-state index is 12.4. The van der Waals surface area contributed by atoms with Crippen molar-refractivity contribution in [3.63, 3.8) is 0 Å². The number of rotatable bonds is 5. The zero-order valence-corrected chi connectivity index (χ0v) is 15.4. The van der Waals surface area contributed by atoms with Crippen LogP contribution < -0.4 is 5.32 Å². The highest BCUT2D eigenvalue weighted by Crippen LogP contribution is 2.22. The highest BCUT2D eigenvalue weighted by molar-refractivity contribution is 6.30. The van der Waals surface area contributed by atoms with Crippen molar-refractivity contribution in [3.8, 4) is 0 Å². The van der Waals surface area contributed by atoms with Crippen molar-refractivity contribution in [2.24, 2.45) is 0 Å². The Hall–Kier alpha value is -3.45. The summed E-state index contributed by atoms with van der Waals surface area (Å²) in [4.78, 5) is 38.2. The van der Waals surface area contributed by atoms with Gasteiger partial charge in [-0.1, -0.05) is 35.9 Å². The summed E-state index contributed by atoms with van der Waals surface area (Å²) in [6, 6.07) is 15.5. The van der Waals surface area contributed by atoms with Gasteiger partial charge in [-0.2, -0.15) is 5.10 Å². The second-order valence-electron chi connectivity index (χ2n) is 6.29. The summed E-state index contributed by atoms with van der Waals surface area (Å²) in [6.45, 7) is 0.0465. The number of halogens is 1. The molecular formula is C20H15ClN4O3. The number of hydrogen-bond acceptors (Lipinski definition) is 4. The summed E-state index contributed by atoms with van der Waals surface area (Å²) in [5.41, 5.74) is 1.55. The van der Waals surface area contributed by atoms with E-state index in [0.717, 1.165) is 10.5 Å². The second kappa shape index (κ2) is 7.28. The minimum absolute atomic E-state index is 0.311. The third-order valence-electron chi connectivity index (χ3n) is 4.39. The van der Waals surface area contributed by atoms with Gasteiger partial charge in [-0.3, -0.25) is 19.3 Å². The van der Waals surface area contributed by atoms with Crippen molar-refractivity contribution < 1.29 is 14.4 Å². The first kappa shape index (κ1) is 17.9. The molecule has 0 spiro atoms. The van der Waals surface area contributed by atoms with E-state index in [4.69, 9.17) is 11.6 Å². The van der Waals surface area contributed by atoms with Gasteiger partial charge in [0, 0.05) is 11.1 Å². The SMILES string of the molecule is O=C(CN1C(=O)c2ccccc2C1=O)Nc1ccnn1Cc1cccc(Cl)c1. The lowest BCUT2D eigenvalue weighted by Gasteiger charge is -2.14. The minimum Gasteiger partial charge on any atom is -0.309 e. The highest BCUT2D eigenvalue weighted by Gasteiger charge is 2.36. The van der Waals surface area contributed by atoms with Crippen LogP contribution >= 0.6 is 11.6 Å². The highest BCUT2D eigenvalue weighted by atomic mass is 35.5. The lowest BCUT2D eigenvalue weighted by atomic mass is 10.1. The van der Waals surface area contributed by atoms with Crippen molar-refractivity contribution in [3.05, 3.63) is 82.5 Å². The largest absolute Gasteiger partial charge is 0.309 e. The van der Waals surface area contributed by atoms with E-state index >= 15 is 0 Å². The van der Waals surface area contributed by atoms with E-state index in [-0.39, 0.29) is 6.54 Å². The monoisotopic (exact) mass is 394 g/mol. The zero-order valence-electron chi connectivity index (χ0n) is 14.6. The molecule has 1 aliphatic heterocycles. The lowest BCUT2D eigenvalue weighted by Crippen LogP contribution is -2.37. The van der Waals surface area contributed by atoms with Crippen LogP contribution in [0.25, 0.3) is 0 Å². The molecule has 0 saturated carbocycles. The average molecular weight is 395 g/mol. The first-order valence-corrected chi connectivity index (χ1v) is 8.92. The maximum absolute atomic E-state index is 12.4. The van der Waals surface area contributed by atoms with E-state index in [9.17, 15) is 14.4 Å². The Kier molecular flexibility index (Phi) is 4.67. The number of aromatic nitrogens is 2. The second-order valence-corrected chi connectivity index (χ2v) is 6.73. The van der Waals surface area contributed by atoms with Crippen LogP contribution in [0, 0.1) is 0 Å². The van der Waals surface area contributed by atoms with E-state index in [2.05, 4.69) is 10.4 Å². The predicted molar refractivity (Wildman–Crippen MR) is 103 cm³/mol. The molecule has 2 heterocycles. The summed E-state index contributed by atoms with van der Waals surface area (Å²) >= 11 is 6.00. The first-order chi connectivity index (χ1) is 13.5. The molecule has 1 aliphatic rings. The Morgan fingerprint density at radius 1 is 1.00 bits per heavy atom. The molecule has 0 atom stereocenters. The molecule has 7 nitrogen and oxygen atoms in total. The van der Waals surface area contributed by atoms with E-state index in [1.165, 1.54) is 0 Å². The standard InChI is InChI=1S/C20H15ClN4O3/c21-14-5-3-4-13(10-14)11-25-17(8-9-22-25)23-18(26)12-24-19(27)15-6-1-2-7-16(15)20(24)28/h1-10H,11-12H2,(H,23,26). The van der Waals surface area contributed by atoms with Crippen LogP contribution in [0.5, 0.6) is 0 Å². The lowest BCUT2D eigenvalue weighted by molar-refractivity contribution is -0.116. The number of carbonyl (C=O) groups excluding carboxylic acids is 3. The van der Waals surface area contributed by atoms with Crippen molar-refractivity contribution in [2.45, 2.75) is 6.54 Å². The summed E-state index contributed by atoms with van der Waals surface area (Å²) in [7, 11) is 0. The number of anilines is 1. The van der Waals surface area contributed by atoms with Gasteiger partial charge in [-0.15, -0.1) is 0 Å². The van der Waals surface area contributed by atoms with E-state index < -0.39 is 17.7 Å². The molecule has 0 unspecified atom stereocenters. The Balaban J connectivity index is 1.45. The number of imide groups is 1. The Labute approximate surface area is 165 Å². The molecule has 1 N–H and O–H groups in total. The van der Waals surface area contributed by atoms with Crippen molar-refractivity contribution in [1.82, 2.24) is 14.7 Å². The van der Waals surface area contributed by atoms with Gasteiger partial charge >= 0.3 is 0 Å². The van der Waals surface area contributed by atoms with Gasteiger partial charge in [-0.25, -0.2) is 4.68 Å². The van der Waals surface area contributed by atoms with Crippen LogP contribution in [0.15, 0.2) is 60.8 Å². The Morgan fingerprint density at radius 2 is 1.71 bits per heavy atom. The fourth-order valence-electron chi connectivity index (χ4n) is 3.08. The topological polar surface area (TPSA) is 84.3 Å². The molecule has 140 valence electrons. The summed E-state index contributed by atoms with van der Waals surface area (Å²) < 4.78 is 1.60. The van der Waals surface area contributed by atoms with E-state index in [0.29, 0.717) is 28.5 Å². The predicted octanol–water partition coefficient (Wildman–Crippen LogP) is 2.82. The van der Waals surface area contributed by atoms with Gasteiger partial charge in [0.2, 0.25) is 5.91 Å². The van der Waals surface area contributed by atoms with Crippen LogP contribution in [0.4, 0.5) is 5.82 Å². The molecule has 3 aromatic rings. The smallest absolute Gasteiger partial charge is 0.262 e. The number of benzene rings is 2. The van der Waals surface area contributed by atoms with Crippen LogP contribution in [0.3, 0.4) is 0 Å². The quantitative estimate of drug-likeness (QED) is 0.674. The number of nitrogens with zero attached hydrogens (tertiary/aromatic N) is 3. The summed E-state index contributed by atoms with van der Waals surface area (Å²) in [5, 5.41) is 7.51. The van der Waals surface area contributed by atoms with Gasteiger partial charge in [-0.05, 0) is 29.8 Å². The summed E-state index contributed by atoms with van der Waals surface area (Å²) in [5.74, 6) is -0.963. The van der Waals surface area contributed by atoms with Gasteiger partial charge in [0.25, 0.3) is 11.8 Å². The van der Waals surface area contributed by atoms with Crippen LogP contribution in [-0.2, 0) is 11.3 Å². The Bertz CT molecular complexity index is 1060. The van der Waals surface area contributed by atoms with Gasteiger partial charge in [0.15, 0.2) is 0 Å². The number of nitrogens with one attached hydrogen (secondary N) is 1. The molecule has 0 bridgehead atoms. The van der Waals surface area contributed by atoms with Crippen molar-refractivity contribution >= 4 is 35.1 Å². The van der Waals surface area contributed by atoms with Crippen LogP contribution in [-0.4, -0.2) is 38.9 Å². The molecule has 0 aliphatic carbocycles. The fraction of sp³-hybridized carbons (Fsp3) is 0.100. The van der Waals surface area contributed by atoms with Crippen molar-refractivity contribution in [2.75, 3.05) is 11.9 Å². The molecule has 0 fully saturated rings. The first-order valence-electron chi connectivity index (χ1n) is 8.54. The number of amides is 3. The molecule has 3 amide bonds. The number of hydrogen-bond donors (Lipinski definition) is 1. The summed E-state index contributed by atoms with van der Waals surface area (Å²) in [6.07, 6.45) is 1.56. The molecule has 0 radical (unpaired) electrons. The average Bonchev–Trinajstić information content (AvgIpc) is 3.20.